The molecule has 180 valence electrons. The fourth-order valence-corrected chi connectivity index (χ4v) is 4.25. The van der Waals surface area contributed by atoms with Gasteiger partial charge in [-0.05, 0) is 37.3 Å². The molecular formula is C23H24Cl2N4O4S. The third kappa shape index (κ3) is 6.37. The van der Waals surface area contributed by atoms with E-state index in [1.807, 2.05) is 11.5 Å². The zero-order chi connectivity index (χ0) is 24.7. The van der Waals surface area contributed by atoms with E-state index in [2.05, 4.69) is 22.1 Å². The second-order valence-corrected chi connectivity index (χ2v) is 8.76. The molecule has 0 bridgehead atoms. The van der Waals surface area contributed by atoms with Gasteiger partial charge in [-0.1, -0.05) is 41.0 Å². The van der Waals surface area contributed by atoms with Crippen molar-refractivity contribution in [2.75, 3.05) is 25.3 Å². The minimum atomic E-state index is -0.460. The van der Waals surface area contributed by atoms with Gasteiger partial charge in [0.05, 0.1) is 30.7 Å². The first-order chi connectivity index (χ1) is 16.4. The molecule has 3 aromatic rings. The van der Waals surface area contributed by atoms with Crippen LogP contribution in [0.25, 0.3) is 0 Å². The van der Waals surface area contributed by atoms with Gasteiger partial charge < -0.3 is 19.5 Å². The lowest BCUT2D eigenvalue weighted by molar-refractivity contribution is -0.113. The standard InChI is InChI=1S/C23H24Cl2N4O4S/c1-5-10-29-22(14(2)33-19-9-6-15(24)11-17(19)25)27-28-23(29)34-13-21(30)26-18-8-7-16(31-3)12-20(18)32-4/h5-9,11-12,14H,1,10,13H2,2-4H3,(H,26,30). The number of nitrogens with one attached hydrogen (secondary N) is 1. The van der Waals surface area contributed by atoms with Crippen LogP contribution in [-0.4, -0.2) is 40.6 Å². The van der Waals surface area contributed by atoms with Crippen molar-refractivity contribution in [1.82, 2.24) is 14.8 Å². The molecular weight excluding hydrogens is 499 g/mol. The number of hydrogen-bond acceptors (Lipinski definition) is 7. The number of carbonyl (C=O) groups is 1. The van der Waals surface area contributed by atoms with Crippen LogP contribution >= 0.6 is 35.0 Å². The van der Waals surface area contributed by atoms with E-state index in [1.165, 1.54) is 18.9 Å². The van der Waals surface area contributed by atoms with Crippen LogP contribution in [0.3, 0.4) is 0 Å². The molecule has 0 radical (unpaired) electrons. The molecule has 1 unspecified atom stereocenters. The Labute approximate surface area is 212 Å². The van der Waals surface area contributed by atoms with Gasteiger partial charge in [-0.25, -0.2) is 0 Å². The molecule has 1 aromatic heterocycles. The zero-order valence-corrected chi connectivity index (χ0v) is 21.2. The molecule has 0 saturated heterocycles. The SMILES string of the molecule is C=CCn1c(SCC(=O)Nc2ccc(OC)cc2OC)nnc1C(C)Oc1ccc(Cl)cc1Cl. The smallest absolute Gasteiger partial charge is 0.234 e. The molecule has 0 aliphatic rings. The average molecular weight is 523 g/mol. The van der Waals surface area contributed by atoms with E-state index in [-0.39, 0.29) is 11.7 Å². The largest absolute Gasteiger partial charge is 0.497 e. The Morgan fingerprint density at radius 1 is 1.18 bits per heavy atom. The topological polar surface area (TPSA) is 87.5 Å². The van der Waals surface area contributed by atoms with Crippen molar-refractivity contribution >= 4 is 46.6 Å². The number of carbonyl (C=O) groups excluding carboxylic acids is 1. The third-order valence-electron chi connectivity index (χ3n) is 4.63. The van der Waals surface area contributed by atoms with Crippen molar-refractivity contribution in [1.29, 1.82) is 0 Å². The predicted molar refractivity (Wildman–Crippen MR) is 135 cm³/mol. The summed E-state index contributed by atoms with van der Waals surface area (Å²) in [6.45, 7) is 6.09. The Hall–Kier alpha value is -2.88. The van der Waals surface area contributed by atoms with Crippen molar-refractivity contribution in [3.05, 3.63) is 64.9 Å². The summed E-state index contributed by atoms with van der Waals surface area (Å²) in [5.41, 5.74) is 0.545. The lowest BCUT2D eigenvalue weighted by Gasteiger charge is -2.16. The molecule has 1 amide bonds. The van der Waals surface area contributed by atoms with Crippen molar-refractivity contribution < 1.29 is 19.0 Å². The second-order valence-electron chi connectivity index (χ2n) is 6.98. The molecule has 34 heavy (non-hydrogen) atoms. The normalized spacial score (nSPS) is 11.6. The minimum absolute atomic E-state index is 0.114. The van der Waals surface area contributed by atoms with E-state index in [0.717, 1.165) is 0 Å². The van der Waals surface area contributed by atoms with Crippen LogP contribution in [0.15, 0.2) is 54.2 Å². The predicted octanol–water partition coefficient (Wildman–Crippen LogP) is 5.66. The van der Waals surface area contributed by atoms with Crippen molar-refractivity contribution in [3.63, 3.8) is 0 Å². The quantitative estimate of drug-likeness (QED) is 0.256. The maximum Gasteiger partial charge on any atom is 0.234 e. The van der Waals surface area contributed by atoms with Crippen LogP contribution in [0.4, 0.5) is 5.69 Å². The Morgan fingerprint density at radius 3 is 2.65 bits per heavy atom. The number of allylic oxidation sites excluding steroid dienone is 1. The Morgan fingerprint density at radius 2 is 1.97 bits per heavy atom. The number of ether oxygens (including phenoxy) is 3. The molecule has 2 aromatic carbocycles. The van der Waals surface area contributed by atoms with Gasteiger partial charge in [0.15, 0.2) is 17.1 Å². The summed E-state index contributed by atoms with van der Waals surface area (Å²) in [4.78, 5) is 12.6. The summed E-state index contributed by atoms with van der Waals surface area (Å²) in [6.07, 6.45) is 1.26. The molecule has 3 rings (SSSR count). The first-order valence-electron chi connectivity index (χ1n) is 10.2. The molecule has 8 nitrogen and oxygen atoms in total. The van der Waals surface area contributed by atoms with Crippen LogP contribution in [0, 0.1) is 0 Å². The van der Waals surface area contributed by atoms with E-state index >= 15 is 0 Å². The van der Waals surface area contributed by atoms with E-state index in [0.29, 0.717) is 50.5 Å². The molecule has 0 saturated carbocycles. The van der Waals surface area contributed by atoms with Crippen LogP contribution in [0.2, 0.25) is 10.0 Å². The van der Waals surface area contributed by atoms with Gasteiger partial charge in [-0.15, -0.1) is 16.8 Å². The number of hydrogen-bond donors (Lipinski definition) is 1. The number of methoxy groups -OCH3 is 2. The number of rotatable bonds is 11. The minimum Gasteiger partial charge on any atom is -0.497 e. The summed E-state index contributed by atoms with van der Waals surface area (Å²) in [6, 6.07) is 10.2. The average Bonchev–Trinajstić information content (AvgIpc) is 3.22. The number of benzene rings is 2. The fraction of sp³-hybridized carbons (Fsp3) is 0.261. The number of nitrogens with zero attached hydrogens (tertiary/aromatic N) is 3. The first-order valence-corrected chi connectivity index (χ1v) is 11.9. The molecule has 0 aliphatic carbocycles. The van der Waals surface area contributed by atoms with Crippen molar-refractivity contribution in [3.8, 4) is 17.2 Å². The molecule has 1 atom stereocenters. The molecule has 1 N–H and O–H groups in total. The first kappa shape index (κ1) is 25.7. The molecule has 1 heterocycles. The Balaban J connectivity index is 1.69. The van der Waals surface area contributed by atoms with Crippen molar-refractivity contribution in [2.24, 2.45) is 0 Å². The van der Waals surface area contributed by atoms with E-state index in [4.69, 9.17) is 37.4 Å². The van der Waals surface area contributed by atoms with E-state index in [9.17, 15) is 4.79 Å². The molecule has 0 spiro atoms. The van der Waals surface area contributed by atoms with Gasteiger partial charge in [0.25, 0.3) is 0 Å². The zero-order valence-electron chi connectivity index (χ0n) is 18.9. The van der Waals surface area contributed by atoms with Gasteiger partial charge >= 0.3 is 0 Å². The molecule has 0 fully saturated rings. The highest BCUT2D eigenvalue weighted by atomic mass is 35.5. The highest BCUT2D eigenvalue weighted by molar-refractivity contribution is 7.99. The number of aromatic nitrogens is 3. The highest BCUT2D eigenvalue weighted by Gasteiger charge is 2.21. The summed E-state index contributed by atoms with van der Waals surface area (Å²) in [5, 5.41) is 12.8. The third-order valence-corrected chi connectivity index (χ3v) is 6.13. The lowest BCUT2D eigenvalue weighted by atomic mass is 10.2. The second kappa shape index (κ2) is 12.0. The summed E-state index contributed by atoms with van der Waals surface area (Å²) in [5.74, 6) is 2.08. The Bertz CT molecular complexity index is 1170. The monoisotopic (exact) mass is 522 g/mol. The Kier molecular flexibility index (Phi) is 9.09. The van der Waals surface area contributed by atoms with Crippen LogP contribution in [-0.2, 0) is 11.3 Å². The fourth-order valence-electron chi connectivity index (χ4n) is 3.04. The lowest BCUT2D eigenvalue weighted by Crippen LogP contribution is -2.16. The van der Waals surface area contributed by atoms with Crippen LogP contribution in [0.5, 0.6) is 17.2 Å². The highest BCUT2D eigenvalue weighted by Crippen LogP contribution is 2.32. The van der Waals surface area contributed by atoms with E-state index < -0.39 is 6.10 Å². The van der Waals surface area contributed by atoms with Gasteiger partial charge in [-0.2, -0.15) is 0 Å². The summed E-state index contributed by atoms with van der Waals surface area (Å²) < 4.78 is 18.3. The summed E-state index contributed by atoms with van der Waals surface area (Å²) >= 11 is 13.4. The number of thioether (sulfide) groups is 1. The van der Waals surface area contributed by atoms with E-state index in [1.54, 1.807) is 49.6 Å². The van der Waals surface area contributed by atoms with Crippen molar-refractivity contribution in [2.45, 2.75) is 24.7 Å². The summed E-state index contributed by atoms with van der Waals surface area (Å²) in [7, 11) is 3.09. The van der Waals surface area contributed by atoms with Gasteiger partial charge in [0, 0.05) is 17.6 Å². The van der Waals surface area contributed by atoms with Crippen LogP contribution < -0.4 is 19.5 Å². The van der Waals surface area contributed by atoms with Gasteiger partial charge in [0.2, 0.25) is 5.91 Å². The molecule has 0 aliphatic heterocycles. The van der Waals surface area contributed by atoms with Crippen LogP contribution in [0.1, 0.15) is 18.9 Å². The molecule has 11 heteroatoms. The number of halogens is 2. The van der Waals surface area contributed by atoms with Gasteiger partial charge in [-0.3, -0.25) is 9.36 Å². The maximum absolute atomic E-state index is 12.6. The maximum atomic E-state index is 12.6. The number of amides is 1. The number of anilines is 1. The van der Waals surface area contributed by atoms with Gasteiger partial charge in [0.1, 0.15) is 17.2 Å².